The SMILES string of the molecule is C=C(c1ccc(-c2ccccn2)nc1)C(C)CCCCC. The second-order valence-electron chi connectivity index (χ2n) is 5.57. The zero-order valence-electron chi connectivity index (χ0n) is 13.0. The molecule has 0 amide bonds. The van der Waals surface area contributed by atoms with Gasteiger partial charge in [0.25, 0.3) is 0 Å². The van der Waals surface area contributed by atoms with Crippen LogP contribution >= 0.6 is 0 Å². The molecule has 2 heteroatoms. The van der Waals surface area contributed by atoms with Gasteiger partial charge in [0, 0.05) is 12.4 Å². The van der Waals surface area contributed by atoms with Crippen molar-refractivity contribution in [3.8, 4) is 11.4 Å². The molecule has 0 fully saturated rings. The summed E-state index contributed by atoms with van der Waals surface area (Å²) in [7, 11) is 0. The lowest BCUT2D eigenvalue weighted by molar-refractivity contribution is 0.587. The van der Waals surface area contributed by atoms with Gasteiger partial charge in [-0.25, -0.2) is 0 Å². The molecule has 0 aliphatic heterocycles. The summed E-state index contributed by atoms with van der Waals surface area (Å²) in [6.07, 6.45) is 8.75. The Balaban J connectivity index is 2.03. The summed E-state index contributed by atoms with van der Waals surface area (Å²) in [5.41, 5.74) is 4.14. The van der Waals surface area contributed by atoms with Crippen molar-refractivity contribution in [3.63, 3.8) is 0 Å². The van der Waals surface area contributed by atoms with Gasteiger partial charge in [-0.15, -0.1) is 0 Å². The van der Waals surface area contributed by atoms with E-state index in [-0.39, 0.29) is 0 Å². The van der Waals surface area contributed by atoms with Crippen LogP contribution in [0.4, 0.5) is 0 Å². The first-order valence-corrected chi connectivity index (χ1v) is 7.79. The molecule has 0 aliphatic rings. The zero-order chi connectivity index (χ0) is 15.1. The van der Waals surface area contributed by atoms with E-state index in [1.165, 1.54) is 31.3 Å². The molecular formula is C19H24N2. The lowest BCUT2D eigenvalue weighted by Gasteiger charge is -2.15. The van der Waals surface area contributed by atoms with Gasteiger partial charge < -0.3 is 0 Å². The Labute approximate surface area is 128 Å². The Morgan fingerprint density at radius 2 is 1.90 bits per heavy atom. The standard InChI is InChI=1S/C19H24N2/c1-4-5-6-9-15(2)16(3)17-11-12-19(21-14-17)18-10-7-8-13-20-18/h7-8,10-15H,3-6,9H2,1-2H3. The highest BCUT2D eigenvalue weighted by Gasteiger charge is 2.09. The molecule has 0 radical (unpaired) electrons. The van der Waals surface area contributed by atoms with Crippen LogP contribution in [0.25, 0.3) is 17.0 Å². The highest BCUT2D eigenvalue weighted by atomic mass is 14.8. The van der Waals surface area contributed by atoms with Crippen LogP contribution in [0.5, 0.6) is 0 Å². The minimum Gasteiger partial charge on any atom is -0.255 e. The summed E-state index contributed by atoms with van der Waals surface area (Å²) in [5.74, 6) is 0.513. The molecule has 2 aromatic rings. The van der Waals surface area contributed by atoms with Crippen molar-refractivity contribution in [3.05, 3.63) is 54.9 Å². The van der Waals surface area contributed by atoms with Crippen LogP contribution in [0, 0.1) is 5.92 Å². The van der Waals surface area contributed by atoms with Crippen LogP contribution in [0.1, 0.15) is 45.1 Å². The second kappa shape index (κ2) is 7.72. The molecule has 0 N–H and O–H groups in total. The fourth-order valence-electron chi connectivity index (χ4n) is 2.41. The molecule has 21 heavy (non-hydrogen) atoms. The minimum atomic E-state index is 0.513. The van der Waals surface area contributed by atoms with Crippen molar-refractivity contribution < 1.29 is 0 Å². The average molecular weight is 280 g/mol. The number of pyridine rings is 2. The van der Waals surface area contributed by atoms with Crippen LogP contribution in [-0.2, 0) is 0 Å². The average Bonchev–Trinajstić information content (AvgIpc) is 2.55. The molecule has 2 nitrogen and oxygen atoms in total. The van der Waals surface area contributed by atoms with E-state index in [4.69, 9.17) is 0 Å². The summed E-state index contributed by atoms with van der Waals surface area (Å²) in [6, 6.07) is 10.0. The molecule has 2 heterocycles. The van der Waals surface area contributed by atoms with E-state index in [0.717, 1.165) is 17.0 Å². The Morgan fingerprint density at radius 1 is 1.10 bits per heavy atom. The first-order valence-electron chi connectivity index (χ1n) is 7.79. The number of aromatic nitrogens is 2. The Morgan fingerprint density at radius 3 is 2.52 bits per heavy atom. The smallest absolute Gasteiger partial charge is 0.0886 e. The molecule has 0 bridgehead atoms. The summed E-state index contributed by atoms with van der Waals surface area (Å²) >= 11 is 0. The van der Waals surface area contributed by atoms with Gasteiger partial charge in [-0.05, 0) is 41.7 Å². The number of unbranched alkanes of at least 4 members (excludes halogenated alkanes) is 2. The van der Waals surface area contributed by atoms with Crippen LogP contribution in [0.3, 0.4) is 0 Å². The Hall–Kier alpha value is -1.96. The summed E-state index contributed by atoms with van der Waals surface area (Å²) in [5, 5.41) is 0. The van der Waals surface area contributed by atoms with Gasteiger partial charge >= 0.3 is 0 Å². The third-order valence-electron chi connectivity index (χ3n) is 3.90. The maximum atomic E-state index is 4.53. The quantitative estimate of drug-likeness (QED) is 0.637. The van der Waals surface area contributed by atoms with Gasteiger partial charge in [-0.3, -0.25) is 9.97 Å². The zero-order valence-corrected chi connectivity index (χ0v) is 13.0. The molecule has 0 spiro atoms. The number of hydrogen-bond acceptors (Lipinski definition) is 2. The van der Waals surface area contributed by atoms with E-state index in [9.17, 15) is 0 Å². The Bertz CT molecular complexity index is 558. The van der Waals surface area contributed by atoms with E-state index in [1.807, 2.05) is 30.5 Å². The fourth-order valence-corrected chi connectivity index (χ4v) is 2.41. The van der Waals surface area contributed by atoms with Crippen LogP contribution in [0.15, 0.2) is 49.3 Å². The van der Waals surface area contributed by atoms with Crippen molar-refractivity contribution in [2.75, 3.05) is 0 Å². The molecule has 110 valence electrons. The number of nitrogens with zero attached hydrogens (tertiary/aromatic N) is 2. The van der Waals surface area contributed by atoms with Crippen LogP contribution in [0.2, 0.25) is 0 Å². The van der Waals surface area contributed by atoms with Crippen molar-refractivity contribution in [2.45, 2.75) is 39.5 Å². The fraction of sp³-hybridized carbons (Fsp3) is 0.368. The molecule has 1 unspecified atom stereocenters. The predicted octanol–water partition coefficient (Wildman–Crippen LogP) is 5.37. The molecular weight excluding hydrogens is 256 g/mol. The molecule has 0 saturated carbocycles. The lowest BCUT2D eigenvalue weighted by atomic mass is 9.91. The van der Waals surface area contributed by atoms with E-state index < -0.39 is 0 Å². The van der Waals surface area contributed by atoms with Gasteiger partial charge in [0.15, 0.2) is 0 Å². The summed E-state index contributed by atoms with van der Waals surface area (Å²) < 4.78 is 0. The Kier molecular flexibility index (Phi) is 5.68. The summed E-state index contributed by atoms with van der Waals surface area (Å²) in [6.45, 7) is 8.74. The number of rotatable bonds is 7. The summed E-state index contributed by atoms with van der Waals surface area (Å²) in [4.78, 5) is 8.85. The predicted molar refractivity (Wildman–Crippen MR) is 89.8 cm³/mol. The topological polar surface area (TPSA) is 25.8 Å². The first-order chi connectivity index (χ1) is 10.2. The van der Waals surface area contributed by atoms with Crippen molar-refractivity contribution in [1.82, 2.24) is 9.97 Å². The first kappa shape index (κ1) is 15.4. The third-order valence-corrected chi connectivity index (χ3v) is 3.90. The monoisotopic (exact) mass is 280 g/mol. The van der Waals surface area contributed by atoms with Crippen molar-refractivity contribution in [1.29, 1.82) is 0 Å². The molecule has 0 aromatic carbocycles. The van der Waals surface area contributed by atoms with Gasteiger partial charge in [-0.2, -0.15) is 0 Å². The number of hydrogen-bond donors (Lipinski definition) is 0. The van der Waals surface area contributed by atoms with E-state index in [0.29, 0.717) is 5.92 Å². The van der Waals surface area contributed by atoms with Crippen molar-refractivity contribution >= 4 is 5.57 Å². The third kappa shape index (κ3) is 4.25. The van der Waals surface area contributed by atoms with Gasteiger partial charge in [0.05, 0.1) is 11.4 Å². The maximum absolute atomic E-state index is 4.53. The van der Waals surface area contributed by atoms with E-state index in [1.54, 1.807) is 6.20 Å². The van der Waals surface area contributed by atoms with Gasteiger partial charge in [0.2, 0.25) is 0 Å². The normalized spacial score (nSPS) is 12.1. The molecule has 1 atom stereocenters. The molecule has 0 saturated heterocycles. The van der Waals surface area contributed by atoms with Crippen LogP contribution in [-0.4, -0.2) is 9.97 Å². The van der Waals surface area contributed by atoms with Gasteiger partial charge in [0.1, 0.15) is 0 Å². The van der Waals surface area contributed by atoms with E-state index in [2.05, 4.69) is 36.5 Å². The highest BCUT2D eigenvalue weighted by Crippen LogP contribution is 2.26. The second-order valence-corrected chi connectivity index (χ2v) is 5.57. The maximum Gasteiger partial charge on any atom is 0.0886 e. The molecule has 2 aromatic heterocycles. The number of allylic oxidation sites excluding steroid dienone is 1. The highest BCUT2D eigenvalue weighted by molar-refractivity contribution is 5.66. The van der Waals surface area contributed by atoms with Crippen molar-refractivity contribution in [2.24, 2.45) is 5.92 Å². The molecule has 2 rings (SSSR count). The van der Waals surface area contributed by atoms with Gasteiger partial charge in [-0.1, -0.05) is 51.8 Å². The van der Waals surface area contributed by atoms with Crippen LogP contribution < -0.4 is 0 Å². The lowest BCUT2D eigenvalue weighted by Crippen LogP contribution is -1.99. The molecule has 0 aliphatic carbocycles. The largest absolute Gasteiger partial charge is 0.255 e. The minimum absolute atomic E-state index is 0.513. The van der Waals surface area contributed by atoms with E-state index >= 15 is 0 Å².